The van der Waals surface area contributed by atoms with Crippen molar-refractivity contribution in [1.29, 1.82) is 0 Å². The van der Waals surface area contributed by atoms with Crippen molar-refractivity contribution in [3.8, 4) is 0 Å². The maximum absolute atomic E-state index is 11.1. The Bertz CT molecular complexity index is 524. The molecule has 1 aromatic carbocycles. The minimum atomic E-state index is -3.99. The van der Waals surface area contributed by atoms with Crippen molar-refractivity contribution in [3.05, 3.63) is 35.4 Å². The molecule has 1 saturated carbocycles. The summed E-state index contributed by atoms with van der Waals surface area (Å²) in [6.45, 7) is 3.73. The zero-order chi connectivity index (χ0) is 17.4. The third-order valence-electron chi connectivity index (χ3n) is 4.74. The summed E-state index contributed by atoms with van der Waals surface area (Å²) >= 11 is 0. The van der Waals surface area contributed by atoms with Crippen LogP contribution in [0.3, 0.4) is 0 Å². The zero-order valence-corrected chi connectivity index (χ0v) is 15.3. The van der Waals surface area contributed by atoms with Gasteiger partial charge in [0.2, 0.25) is 0 Å². The second-order valence-electron chi connectivity index (χ2n) is 7.02. The Balaban J connectivity index is 1.93. The van der Waals surface area contributed by atoms with Crippen molar-refractivity contribution in [1.82, 2.24) is 4.90 Å². The Hall–Kier alpha value is -0.710. The SMILES string of the molecule is NCCCN(Cc1ccc(CP(=O)(O)O)cc1)CC1CCCCC1. The maximum Gasteiger partial charge on any atom is 0.329 e. The van der Waals surface area contributed by atoms with Crippen molar-refractivity contribution < 1.29 is 14.4 Å². The van der Waals surface area contributed by atoms with Crippen LogP contribution in [0.4, 0.5) is 0 Å². The summed E-state index contributed by atoms with van der Waals surface area (Å²) in [5.41, 5.74) is 7.56. The molecule has 1 aliphatic rings. The molecule has 4 N–H and O–H groups in total. The fourth-order valence-electron chi connectivity index (χ4n) is 3.53. The molecule has 1 aromatic rings. The molecule has 1 fully saturated rings. The fraction of sp³-hybridized carbons (Fsp3) is 0.667. The number of hydrogen-bond acceptors (Lipinski definition) is 3. The summed E-state index contributed by atoms with van der Waals surface area (Å²) < 4.78 is 11.1. The monoisotopic (exact) mass is 354 g/mol. The molecule has 5 nitrogen and oxygen atoms in total. The van der Waals surface area contributed by atoms with Gasteiger partial charge in [-0.25, -0.2) is 0 Å². The Morgan fingerprint density at radius 1 is 1.08 bits per heavy atom. The molecule has 1 aliphatic carbocycles. The van der Waals surface area contributed by atoms with Crippen molar-refractivity contribution in [2.45, 2.75) is 51.2 Å². The van der Waals surface area contributed by atoms with Crippen LogP contribution in [0, 0.1) is 5.92 Å². The largest absolute Gasteiger partial charge is 0.330 e. The molecule has 0 heterocycles. The van der Waals surface area contributed by atoms with Crippen LogP contribution in [0.5, 0.6) is 0 Å². The maximum atomic E-state index is 11.1. The number of nitrogens with two attached hydrogens (primary N) is 1. The van der Waals surface area contributed by atoms with Gasteiger partial charge in [-0.3, -0.25) is 9.46 Å². The molecule has 2 rings (SSSR count). The molecule has 0 spiro atoms. The van der Waals surface area contributed by atoms with E-state index in [1.807, 2.05) is 24.3 Å². The predicted molar refractivity (Wildman–Crippen MR) is 97.7 cm³/mol. The van der Waals surface area contributed by atoms with E-state index in [0.29, 0.717) is 12.1 Å². The topological polar surface area (TPSA) is 86.8 Å². The second-order valence-corrected chi connectivity index (χ2v) is 8.67. The highest BCUT2D eigenvalue weighted by Crippen LogP contribution is 2.38. The number of rotatable bonds is 9. The Morgan fingerprint density at radius 3 is 2.29 bits per heavy atom. The highest BCUT2D eigenvalue weighted by Gasteiger charge is 2.18. The van der Waals surface area contributed by atoms with Crippen LogP contribution in [0.2, 0.25) is 0 Å². The van der Waals surface area contributed by atoms with E-state index >= 15 is 0 Å². The molecule has 0 radical (unpaired) electrons. The first-order valence-electron chi connectivity index (χ1n) is 9.01. The molecule has 0 aliphatic heterocycles. The van der Waals surface area contributed by atoms with Crippen LogP contribution < -0.4 is 5.73 Å². The van der Waals surface area contributed by atoms with Gasteiger partial charge in [-0.1, -0.05) is 43.5 Å². The lowest BCUT2D eigenvalue weighted by atomic mass is 9.89. The number of benzene rings is 1. The summed E-state index contributed by atoms with van der Waals surface area (Å²) in [7, 11) is -3.99. The van der Waals surface area contributed by atoms with Gasteiger partial charge in [-0.2, -0.15) is 0 Å². The standard InChI is InChI=1S/C18H31N2O3P/c19-11-4-12-20(13-16-5-2-1-3-6-16)14-17-7-9-18(10-8-17)15-24(21,22)23/h7-10,16H,1-6,11-15,19H2,(H2,21,22,23). The zero-order valence-electron chi connectivity index (χ0n) is 14.4. The molecule has 0 saturated heterocycles. The second kappa shape index (κ2) is 9.69. The van der Waals surface area contributed by atoms with Crippen LogP contribution in [-0.2, 0) is 17.3 Å². The normalized spacial score (nSPS) is 16.7. The first kappa shape index (κ1) is 19.6. The third-order valence-corrected chi connectivity index (χ3v) is 5.51. The Labute approximate surface area is 145 Å². The minimum absolute atomic E-state index is 0.188. The van der Waals surface area contributed by atoms with Crippen LogP contribution >= 0.6 is 7.60 Å². The lowest BCUT2D eigenvalue weighted by Crippen LogP contribution is -2.32. The first-order valence-corrected chi connectivity index (χ1v) is 10.8. The van der Waals surface area contributed by atoms with Gasteiger partial charge in [0.05, 0.1) is 6.16 Å². The van der Waals surface area contributed by atoms with Gasteiger partial charge in [0.15, 0.2) is 0 Å². The van der Waals surface area contributed by atoms with E-state index in [9.17, 15) is 4.57 Å². The minimum Gasteiger partial charge on any atom is -0.330 e. The van der Waals surface area contributed by atoms with Crippen molar-refractivity contribution >= 4 is 7.60 Å². The van der Waals surface area contributed by atoms with Crippen molar-refractivity contribution in [2.24, 2.45) is 11.7 Å². The molecule has 0 amide bonds. The van der Waals surface area contributed by atoms with E-state index in [4.69, 9.17) is 15.5 Å². The van der Waals surface area contributed by atoms with Crippen LogP contribution in [-0.4, -0.2) is 34.3 Å². The van der Waals surface area contributed by atoms with Crippen molar-refractivity contribution in [2.75, 3.05) is 19.6 Å². The highest BCUT2D eigenvalue weighted by molar-refractivity contribution is 7.50. The number of hydrogen-bond donors (Lipinski definition) is 3. The van der Waals surface area contributed by atoms with E-state index in [1.54, 1.807) is 0 Å². The molecule has 0 bridgehead atoms. The van der Waals surface area contributed by atoms with Gasteiger partial charge < -0.3 is 15.5 Å². The molecule has 0 atom stereocenters. The van der Waals surface area contributed by atoms with Crippen molar-refractivity contribution in [3.63, 3.8) is 0 Å². The van der Waals surface area contributed by atoms with Gasteiger partial charge in [0.1, 0.15) is 0 Å². The lowest BCUT2D eigenvalue weighted by Gasteiger charge is -2.30. The van der Waals surface area contributed by atoms with Gasteiger partial charge in [0.25, 0.3) is 0 Å². The molecule has 24 heavy (non-hydrogen) atoms. The van der Waals surface area contributed by atoms with Gasteiger partial charge in [0, 0.05) is 13.1 Å². The van der Waals surface area contributed by atoms with Gasteiger partial charge in [-0.05, 0) is 49.4 Å². The van der Waals surface area contributed by atoms with Crippen LogP contribution in [0.15, 0.2) is 24.3 Å². The fourth-order valence-corrected chi connectivity index (χ4v) is 4.22. The summed E-state index contributed by atoms with van der Waals surface area (Å²) in [4.78, 5) is 20.6. The third kappa shape index (κ3) is 7.45. The quantitative estimate of drug-likeness (QED) is 0.593. The van der Waals surface area contributed by atoms with E-state index in [-0.39, 0.29) is 6.16 Å². The average molecular weight is 354 g/mol. The summed E-state index contributed by atoms with van der Waals surface area (Å²) in [5, 5.41) is 0. The molecule has 0 aromatic heterocycles. The summed E-state index contributed by atoms with van der Waals surface area (Å²) in [6.07, 6.45) is 7.56. The highest BCUT2D eigenvalue weighted by atomic mass is 31.2. The Kier molecular flexibility index (Phi) is 7.92. The molecule has 136 valence electrons. The lowest BCUT2D eigenvalue weighted by molar-refractivity contribution is 0.193. The Morgan fingerprint density at radius 2 is 1.71 bits per heavy atom. The average Bonchev–Trinajstić information content (AvgIpc) is 2.54. The molecular formula is C18H31N2O3P. The predicted octanol–water partition coefficient (Wildman–Crippen LogP) is 3.10. The van der Waals surface area contributed by atoms with Gasteiger partial charge in [-0.15, -0.1) is 0 Å². The smallest absolute Gasteiger partial charge is 0.329 e. The van der Waals surface area contributed by atoms with E-state index in [2.05, 4.69) is 4.90 Å². The van der Waals surface area contributed by atoms with Gasteiger partial charge >= 0.3 is 7.60 Å². The molecule has 6 heteroatoms. The summed E-state index contributed by atoms with van der Waals surface area (Å²) in [5.74, 6) is 0.797. The summed E-state index contributed by atoms with van der Waals surface area (Å²) in [6, 6.07) is 7.63. The van der Waals surface area contributed by atoms with Crippen LogP contribution in [0.25, 0.3) is 0 Å². The first-order chi connectivity index (χ1) is 11.5. The van der Waals surface area contributed by atoms with E-state index in [0.717, 1.165) is 32.0 Å². The molecule has 0 unspecified atom stereocenters. The number of nitrogens with zero attached hydrogens (tertiary/aromatic N) is 1. The van der Waals surface area contributed by atoms with E-state index < -0.39 is 7.60 Å². The molecular weight excluding hydrogens is 323 g/mol. The van der Waals surface area contributed by atoms with E-state index in [1.165, 1.54) is 37.7 Å². The van der Waals surface area contributed by atoms with Crippen LogP contribution in [0.1, 0.15) is 49.7 Å².